The van der Waals surface area contributed by atoms with Gasteiger partial charge in [-0.25, -0.2) is 4.99 Å². The lowest BCUT2D eigenvalue weighted by molar-refractivity contribution is 0.0763. The maximum absolute atomic E-state index is 13.3. The second-order valence-electron chi connectivity index (χ2n) is 9.07. The van der Waals surface area contributed by atoms with E-state index < -0.39 is 0 Å². The van der Waals surface area contributed by atoms with Crippen LogP contribution in [0.3, 0.4) is 0 Å². The monoisotopic (exact) mass is 485 g/mol. The Morgan fingerprint density at radius 3 is 2.64 bits per heavy atom. The Kier molecular flexibility index (Phi) is 5.64. The molecule has 0 N–H and O–H groups in total. The van der Waals surface area contributed by atoms with E-state index >= 15 is 0 Å². The fourth-order valence-corrected chi connectivity index (χ4v) is 4.77. The van der Waals surface area contributed by atoms with Crippen LogP contribution < -0.4 is 18.9 Å². The lowest BCUT2D eigenvalue weighted by Gasteiger charge is -2.25. The first-order chi connectivity index (χ1) is 17.6. The van der Waals surface area contributed by atoms with Gasteiger partial charge in [-0.1, -0.05) is 6.07 Å². The number of rotatable bonds is 2. The summed E-state index contributed by atoms with van der Waals surface area (Å²) in [6.07, 6.45) is 0.816. The average Bonchev–Trinajstić information content (AvgIpc) is 3.14. The minimum atomic E-state index is -0.0100. The largest absolute Gasteiger partial charge is 0.497 e. The van der Waals surface area contributed by atoms with Crippen LogP contribution in [-0.2, 0) is 0 Å². The van der Waals surface area contributed by atoms with Crippen molar-refractivity contribution in [2.45, 2.75) is 13.3 Å². The van der Waals surface area contributed by atoms with E-state index in [1.54, 1.807) is 25.3 Å². The molecule has 8 nitrogen and oxygen atoms in total. The molecule has 1 saturated heterocycles. The summed E-state index contributed by atoms with van der Waals surface area (Å²) in [5, 5.41) is 0. The number of methoxy groups -OCH3 is 1. The summed E-state index contributed by atoms with van der Waals surface area (Å²) in [6, 6.07) is 17.2. The van der Waals surface area contributed by atoms with Crippen molar-refractivity contribution in [2.24, 2.45) is 4.99 Å². The molecule has 0 saturated carbocycles. The van der Waals surface area contributed by atoms with Crippen molar-refractivity contribution in [3.63, 3.8) is 0 Å². The van der Waals surface area contributed by atoms with E-state index in [2.05, 4.69) is 4.90 Å². The molecule has 0 bridgehead atoms. The van der Waals surface area contributed by atoms with Crippen LogP contribution in [0.2, 0.25) is 0 Å². The van der Waals surface area contributed by atoms with Gasteiger partial charge in [-0.15, -0.1) is 0 Å². The smallest absolute Gasteiger partial charge is 0.254 e. The molecule has 8 heteroatoms. The molecular formula is C28H27N3O5. The van der Waals surface area contributed by atoms with Crippen molar-refractivity contribution in [3.8, 4) is 28.7 Å². The summed E-state index contributed by atoms with van der Waals surface area (Å²) < 4.78 is 22.7. The number of benzene rings is 3. The highest BCUT2D eigenvalue weighted by atomic mass is 16.7. The molecule has 0 unspecified atom stereocenters. The van der Waals surface area contributed by atoms with E-state index in [0.29, 0.717) is 36.7 Å². The average molecular weight is 486 g/mol. The minimum Gasteiger partial charge on any atom is -0.497 e. The first-order valence-electron chi connectivity index (χ1n) is 12.1. The highest BCUT2D eigenvalue weighted by Gasteiger charge is 2.28. The highest BCUT2D eigenvalue weighted by Crippen LogP contribution is 2.40. The quantitative estimate of drug-likeness (QED) is 0.521. The molecule has 3 aliphatic heterocycles. The second kappa shape index (κ2) is 9.11. The van der Waals surface area contributed by atoms with Crippen LogP contribution in [0.4, 0.5) is 5.69 Å². The summed E-state index contributed by atoms with van der Waals surface area (Å²) in [5.74, 6) is 4.30. The first kappa shape index (κ1) is 22.3. The predicted molar refractivity (Wildman–Crippen MR) is 135 cm³/mol. The van der Waals surface area contributed by atoms with Gasteiger partial charge < -0.3 is 28.7 Å². The van der Waals surface area contributed by atoms with Crippen LogP contribution in [0.25, 0.3) is 0 Å². The van der Waals surface area contributed by atoms with Crippen LogP contribution >= 0.6 is 0 Å². The van der Waals surface area contributed by atoms with Gasteiger partial charge in [0.25, 0.3) is 5.91 Å². The number of fused-ring (bicyclic) bond motifs is 3. The van der Waals surface area contributed by atoms with Crippen molar-refractivity contribution >= 4 is 17.4 Å². The van der Waals surface area contributed by atoms with E-state index in [4.69, 9.17) is 23.9 Å². The molecule has 3 heterocycles. The lowest BCUT2D eigenvalue weighted by Crippen LogP contribution is -2.37. The Morgan fingerprint density at radius 1 is 0.889 bits per heavy atom. The van der Waals surface area contributed by atoms with Gasteiger partial charge in [0, 0.05) is 31.7 Å². The SMILES string of the molecule is COc1ccc2c(c1)C(N1CCCN(C(=O)c3ccc4c(c3)OCO4)CC1)=Nc1ccc(C)cc1O2. The summed E-state index contributed by atoms with van der Waals surface area (Å²) in [7, 11) is 1.65. The number of nitrogens with zero attached hydrogens (tertiary/aromatic N) is 3. The fourth-order valence-electron chi connectivity index (χ4n) is 4.77. The summed E-state index contributed by atoms with van der Waals surface area (Å²) in [4.78, 5) is 22.5. The summed E-state index contributed by atoms with van der Waals surface area (Å²) in [6.45, 7) is 4.87. The topological polar surface area (TPSA) is 72.8 Å². The number of amides is 1. The third kappa shape index (κ3) is 4.08. The van der Waals surface area contributed by atoms with Crippen LogP contribution in [-0.4, -0.2) is 61.6 Å². The number of amidine groups is 1. The molecule has 3 aliphatic rings. The number of hydrogen-bond donors (Lipinski definition) is 0. The van der Waals surface area contributed by atoms with Gasteiger partial charge in [0.2, 0.25) is 6.79 Å². The van der Waals surface area contributed by atoms with Crippen LogP contribution in [0.5, 0.6) is 28.7 Å². The number of aryl methyl sites for hydroxylation is 1. The van der Waals surface area contributed by atoms with Crippen molar-refractivity contribution in [1.82, 2.24) is 9.80 Å². The van der Waals surface area contributed by atoms with Crippen molar-refractivity contribution in [1.29, 1.82) is 0 Å². The zero-order valence-corrected chi connectivity index (χ0v) is 20.3. The molecule has 1 amide bonds. The van der Waals surface area contributed by atoms with Gasteiger partial charge in [0.1, 0.15) is 23.0 Å². The Labute approximate surface area is 209 Å². The maximum atomic E-state index is 13.3. The van der Waals surface area contributed by atoms with Crippen molar-refractivity contribution < 1.29 is 23.7 Å². The molecule has 0 radical (unpaired) electrons. The zero-order chi connectivity index (χ0) is 24.6. The summed E-state index contributed by atoms with van der Waals surface area (Å²) in [5.41, 5.74) is 3.37. The molecule has 6 rings (SSSR count). The van der Waals surface area contributed by atoms with E-state index in [1.807, 2.05) is 48.2 Å². The molecule has 3 aromatic rings. The normalized spacial score (nSPS) is 16.2. The molecule has 0 atom stereocenters. The number of ether oxygens (including phenoxy) is 4. The van der Waals surface area contributed by atoms with E-state index in [1.165, 1.54) is 0 Å². The van der Waals surface area contributed by atoms with Crippen LogP contribution in [0.1, 0.15) is 27.9 Å². The third-order valence-electron chi connectivity index (χ3n) is 6.69. The first-order valence-corrected chi connectivity index (χ1v) is 12.1. The van der Waals surface area contributed by atoms with Crippen LogP contribution in [0, 0.1) is 6.92 Å². The van der Waals surface area contributed by atoms with Gasteiger partial charge in [0.05, 0.1) is 12.7 Å². The molecule has 3 aromatic carbocycles. The zero-order valence-electron chi connectivity index (χ0n) is 20.3. The van der Waals surface area contributed by atoms with E-state index in [0.717, 1.165) is 52.9 Å². The molecule has 184 valence electrons. The van der Waals surface area contributed by atoms with Gasteiger partial charge in [-0.05, 0) is 67.4 Å². The highest BCUT2D eigenvalue weighted by molar-refractivity contribution is 6.04. The predicted octanol–water partition coefficient (Wildman–Crippen LogP) is 4.76. The second-order valence-corrected chi connectivity index (χ2v) is 9.07. The number of carbonyl (C=O) groups excluding carboxylic acids is 1. The Bertz CT molecular complexity index is 1370. The Morgan fingerprint density at radius 2 is 1.75 bits per heavy atom. The van der Waals surface area contributed by atoms with Crippen molar-refractivity contribution in [2.75, 3.05) is 40.1 Å². The minimum absolute atomic E-state index is 0.0100. The van der Waals surface area contributed by atoms with Crippen LogP contribution in [0.15, 0.2) is 59.6 Å². The van der Waals surface area contributed by atoms with E-state index in [-0.39, 0.29) is 12.7 Å². The molecule has 0 spiro atoms. The molecule has 36 heavy (non-hydrogen) atoms. The molecule has 1 fully saturated rings. The molecule has 0 aromatic heterocycles. The van der Waals surface area contributed by atoms with Gasteiger partial charge in [0.15, 0.2) is 17.2 Å². The van der Waals surface area contributed by atoms with Gasteiger partial charge >= 0.3 is 0 Å². The van der Waals surface area contributed by atoms with Gasteiger partial charge in [-0.3, -0.25) is 4.79 Å². The Hall–Kier alpha value is -4.20. The number of aliphatic imine (C=N–C) groups is 1. The third-order valence-corrected chi connectivity index (χ3v) is 6.69. The fraction of sp³-hybridized carbons (Fsp3) is 0.286. The Balaban J connectivity index is 1.29. The lowest BCUT2D eigenvalue weighted by atomic mass is 10.1. The van der Waals surface area contributed by atoms with E-state index in [9.17, 15) is 4.79 Å². The van der Waals surface area contributed by atoms with Gasteiger partial charge in [-0.2, -0.15) is 0 Å². The molecular weight excluding hydrogens is 458 g/mol. The summed E-state index contributed by atoms with van der Waals surface area (Å²) >= 11 is 0. The van der Waals surface area contributed by atoms with Crippen molar-refractivity contribution in [3.05, 3.63) is 71.3 Å². The molecule has 0 aliphatic carbocycles. The number of hydrogen-bond acceptors (Lipinski definition) is 7. The standard InChI is InChI=1S/C28H27N3O5/c1-18-4-7-22-25(14-18)36-23-9-6-20(33-2)16-21(23)27(29-22)30-10-3-11-31(13-12-30)28(32)19-5-8-24-26(15-19)35-17-34-24/h4-9,14-16H,3,10-13,17H2,1-2H3. The maximum Gasteiger partial charge on any atom is 0.254 e. The number of carbonyl (C=O) groups is 1.